The van der Waals surface area contributed by atoms with Crippen molar-refractivity contribution < 1.29 is 5.11 Å². The van der Waals surface area contributed by atoms with Crippen molar-refractivity contribution in [1.82, 2.24) is 4.90 Å². The lowest BCUT2D eigenvalue weighted by molar-refractivity contribution is 0.263. The van der Waals surface area contributed by atoms with Gasteiger partial charge in [-0.1, -0.05) is 60.3 Å². The van der Waals surface area contributed by atoms with E-state index >= 15 is 0 Å². The number of aromatic hydroxyl groups is 1. The highest BCUT2D eigenvalue weighted by Crippen LogP contribution is 2.45. The van der Waals surface area contributed by atoms with E-state index in [1.165, 1.54) is 0 Å². The monoisotopic (exact) mass is 343 g/mol. The number of nitrogens with zero attached hydrogens (tertiary/aromatic N) is 1. The third-order valence-electron chi connectivity index (χ3n) is 2.80. The van der Waals surface area contributed by atoms with Gasteiger partial charge in [-0.3, -0.25) is 4.90 Å². The molecule has 0 saturated carbocycles. The molecule has 108 valence electrons. The van der Waals surface area contributed by atoms with E-state index in [1.54, 1.807) is 0 Å². The largest absolute Gasteiger partial charge is 0.506 e. The summed E-state index contributed by atoms with van der Waals surface area (Å²) < 4.78 is 0. The lowest BCUT2D eigenvalue weighted by Crippen LogP contribution is -2.25. The minimum absolute atomic E-state index is 0.0546. The van der Waals surface area contributed by atoms with Gasteiger partial charge < -0.3 is 5.11 Å². The molecular formula is C13H17Cl4NO. The molecule has 0 saturated heterocycles. The molecule has 2 nitrogen and oxygen atoms in total. The molecule has 0 aromatic heterocycles. The molecule has 0 atom stereocenters. The lowest BCUT2D eigenvalue weighted by Gasteiger charge is -2.23. The van der Waals surface area contributed by atoms with Crippen LogP contribution in [0.2, 0.25) is 20.1 Å². The van der Waals surface area contributed by atoms with Crippen molar-refractivity contribution in [2.45, 2.75) is 33.2 Å². The van der Waals surface area contributed by atoms with E-state index in [0.29, 0.717) is 12.1 Å². The zero-order valence-corrected chi connectivity index (χ0v) is 14.0. The molecule has 1 N–H and O–H groups in total. The molecule has 1 rings (SSSR count). The Morgan fingerprint density at radius 2 is 1.32 bits per heavy atom. The molecule has 1 aromatic carbocycles. The fourth-order valence-electron chi connectivity index (χ4n) is 1.94. The number of phenolic OH excluding ortho intramolecular Hbond substituents is 1. The van der Waals surface area contributed by atoms with Gasteiger partial charge in [0, 0.05) is 12.1 Å². The Kier molecular flexibility index (Phi) is 7.06. The molecule has 0 unspecified atom stereocenters. The van der Waals surface area contributed by atoms with Crippen molar-refractivity contribution in [2.24, 2.45) is 0 Å². The summed E-state index contributed by atoms with van der Waals surface area (Å²) in [5, 5.41) is 10.7. The first-order valence-electron chi connectivity index (χ1n) is 6.20. The van der Waals surface area contributed by atoms with Crippen LogP contribution in [0.1, 0.15) is 32.3 Å². The molecule has 0 aliphatic rings. The number of rotatable bonds is 6. The normalized spacial score (nSPS) is 11.3. The Balaban J connectivity index is 3.12. The third kappa shape index (κ3) is 4.05. The third-order valence-corrected chi connectivity index (χ3v) is 4.63. The van der Waals surface area contributed by atoms with E-state index in [0.717, 1.165) is 25.9 Å². The predicted molar refractivity (Wildman–Crippen MR) is 84.0 cm³/mol. The standard InChI is InChI=1S/C13H17Cl4NO/c1-3-5-18(6-4-2)7-8-9(14)10(15)11(16)12(17)13(8)19/h19H,3-7H2,1-2H3. The summed E-state index contributed by atoms with van der Waals surface area (Å²) in [6.07, 6.45) is 2.04. The molecule has 1 aromatic rings. The van der Waals surface area contributed by atoms with Crippen molar-refractivity contribution in [3.8, 4) is 5.75 Å². The topological polar surface area (TPSA) is 23.5 Å². The maximum absolute atomic E-state index is 10.1. The van der Waals surface area contributed by atoms with Crippen LogP contribution < -0.4 is 0 Å². The number of hydrogen-bond donors (Lipinski definition) is 1. The molecule has 6 heteroatoms. The average Bonchev–Trinajstić information content (AvgIpc) is 2.39. The van der Waals surface area contributed by atoms with Crippen LogP contribution in [0.3, 0.4) is 0 Å². The first-order chi connectivity index (χ1) is 8.93. The van der Waals surface area contributed by atoms with Crippen molar-refractivity contribution >= 4 is 46.4 Å². The molecule has 0 aliphatic carbocycles. The maximum atomic E-state index is 10.1. The fourth-order valence-corrected chi connectivity index (χ4v) is 2.88. The van der Waals surface area contributed by atoms with E-state index in [9.17, 15) is 5.11 Å². The highest BCUT2D eigenvalue weighted by molar-refractivity contribution is 6.52. The summed E-state index contributed by atoms with van der Waals surface area (Å²) in [6, 6.07) is 0. The average molecular weight is 345 g/mol. The second-order valence-electron chi connectivity index (χ2n) is 4.36. The van der Waals surface area contributed by atoms with Crippen molar-refractivity contribution in [3.05, 3.63) is 25.7 Å². The van der Waals surface area contributed by atoms with Crippen molar-refractivity contribution in [2.75, 3.05) is 13.1 Å². The van der Waals surface area contributed by atoms with Crippen LogP contribution in [-0.2, 0) is 6.54 Å². The summed E-state index contributed by atoms with van der Waals surface area (Å²) in [5.74, 6) is -0.0849. The first kappa shape index (κ1) is 17.2. The van der Waals surface area contributed by atoms with Crippen LogP contribution in [0.4, 0.5) is 0 Å². The van der Waals surface area contributed by atoms with E-state index in [1.807, 2.05) is 0 Å². The Hall–Kier alpha value is 0.140. The van der Waals surface area contributed by atoms with Crippen molar-refractivity contribution in [3.63, 3.8) is 0 Å². The van der Waals surface area contributed by atoms with Gasteiger partial charge in [0.15, 0.2) is 0 Å². The van der Waals surface area contributed by atoms with E-state index in [4.69, 9.17) is 46.4 Å². The van der Waals surface area contributed by atoms with E-state index < -0.39 is 0 Å². The Bertz CT molecular complexity index is 416. The smallest absolute Gasteiger partial charge is 0.141 e. The van der Waals surface area contributed by atoms with Crippen LogP contribution in [0.25, 0.3) is 0 Å². The molecule has 0 amide bonds. The summed E-state index contributed by atoms with van der Waals surface area (Å²) in [7, 11) is 0. The number of halogens is 4. The van der Waals surface area contributed by atoms with Gasteiger partial charge in [-0.2, -0.15) is 0 Å². The summed E-state index contributed by atoms with van der Waals surface area (Å²) in [6.45, 7) is 6.55. The van der Waals surface area contributed by atoms with Crippen LogP contribution in [0.5, 0.6) is 5.75 Å². The molecule has 19 heavy (non-hydrogen) atoms. The molecule has 0 radical (unpaired) electrons. The summed E-state index contributed by atoms with van der Waals surface area (Å²) in [4.78, 5) is 2.20. The molecule has 0 bridgehead atoms. The van der Waals surface area contributed by atoms with Gasteiger partial charge in [-0.15, -0.1) is 0 Å². The minimum Gasteiger partial charge on any atom is -0.506 e. The second-order valence-corrected chi connectivity index (χ2v) is 5.87. The Labute approximate surface area is 134 Å². The van der Waals surface area contributed by atoms with Gasteiger partial charge >= 0.3 is 0 Å². The van der Waals surface area contributed by atoms with Gasteiger partial charge in [0.2, 0.25) is 0 Å². The van der Waals surface area contributed by atoms with Gasteiger partial charge in [-0.25, -0.2) is 0 Å². The first-order valence-corrected chi connectivity index (χ1v) is 7.71. The maximum Gasteiger partial charge on any atom is 0.141 e. The second kappa shape index (κ2) is 7.80. The van der Waals surface area contributed by atoms with Gasteiger partial charge in [-0.05, 0) is 25.9 Å². The molecule has 0 spiro atoms. The molecule has 0 heterocycles. The van der Waals surface area contributed by atoms with Crippen LogP contribution in [0.15, 0.2) is 0 Å². The summed E-state index contributed by atoms with van der Waals surface area (Å²) in [5.41, 5.74) is 0.531. The quantitative estimate of drug-likeness (QED) is 0.534. The van der Waals surface area contributed by atoms with Gasteiger partial charge in [0.25, 0.3) is 0 Å². The predicted octanol–water partition coefficient (Wildman–Crippen LogP) is 5.63. The zero-order valence-electron chi connectivity index (χ0n) is 10.9. The van der Waals surface area contributed by atoms with Crippen LogP contribution >= 0.6 is 46.4 Å². The van der Waals surface area contributed by atoms with Gasteiger partial charge in [0.05, 0.1) is 15.1 Å². The minimum atomic E-state index is -0.0849. The van der Waals surface area contributed by atoms with Crippen LogP contribution in [-0.4, -0.2) is 23.1 Å². The highest BCUT2D eigenvalue weighted by Gasteiger charge is 2.21. The molecule has 0 aliphatic heterocycles. The number of hydrogen-bond acceptors (Lipinski definition) is 2. The van der Waals surface area contributed by atoms with E-state index in [2.05, 4.69) is 18.7 Å². The molecule has 0 fully saturated rings. The van der Waals surface area contributed by atoms with Crippen molar-refractivity contribution in [1.29, 1.82) is 0 Å². The van der Waals surface area contributed by atoms with E-state index in [-0.39, 0.29) is 25.8 Å². The number of benzene rings is 1. The SMILES string of the molecule is CCCN(CCC)Cc1c(O)c(Cl)c(Cl)c(Cl)c1Cl. The Morgan fingerprint density at radius 3 is 1.79 bits per heavy atom. The van der Waals surface area contributed by atoms with Crippen LogP contribution in [0, 0.1) is 0 Å². The molecular weight excluding hydrogens is 328 g/mol. The highest BCUT2D eigenvalue weighted by atomic mass is 35.5. The lowest BCUT2D eigenvalue weighted by atomic mass is 10.1. The van der Waals surface area contributed by atoms with Gasteiger partial charge in [0.1, 0.15) is 10.8 Å². The fraction of sp³-hybridized carbons (Fsp3) is 0.538. The zero-order chi connectivity index (χ0) is 14.6. The Morgan fingerprint density at radius 1 is 0.842 bits per heavy atom. The number of phenols is 1. The summed E-state index contributed by atoms with van der Waals surface area (Å²) >= 11 is 24.0.